The predicted octanol–water partition coefficient (Wildman–Crippen LogP) is 2.54. The summed E-state index contributed by atoms with van der Waals surface area (Å²) in [6.07, 6.45) is 2.88. The minimum Gasteiger partial charge on any atom is -0.390 e. The molecular weight excluding hydrogens is 236 g/mol. The SMILES string of the molecule is CCCNCc1ccc(N2CCC(C)(O)CC2)cc1. The van der Waals surface area contributed by atoms with Crippen molar-refractivity contribution >= 4 is 5.69 Å². The molecule has 0 atom stereocenters. The molecule has 0 aliphatic carbocycles. The maximum Gasteiger partial charge on any atom is 0.0653 e. The zero-order valence-electron chi connectivity index (χ0n) is 12.2. The molecule has 3 heteroatoms. The number of piperidine rings is 1. The summed E-state index contributed by atoms with van der Waals surface area (Å²) in [5, 5.41) is 13.4. The van der Waals surface area contributed by atoms with E-state index in [0.29, 0.717) is 0 Å². The van der Waals surface area contributed by atoms with Crippen LogP contribution in [0.15, 0.2) is 24.3 Å². The molecule has 2 rings (SSSR count). The highest BCUT2D eigenvalue weighted by Gasteiger charge is 2.27. The van der Waals surface area contributed by atoms with Gasteiger partial charge in [0, 0.05) is 25.3 Å². The molecule has 1 saturated heterocycles. The van der Waals surface area contributed by atoms with E-state index in [1.54, 1.807) is 0 Å². The van der Waals surface area contributed by atoms with Crippen molar-refractivity contribution in [1.82, 2.24) is 5.32 Å². The summed E-state index contributed by atoms with van der Waals surface area (Å²) >= 11 is 0. The van der Waals surface area contributed by atoms with Crippen LogP contribution in [0, 0.1) is 0 Å². The van der Waals surface area contributed by atoms with Crippen molar-refractivity contribution in [2.24, 2.45) is 0 Å². The van der Waals surface area contributed by atoms with Gasteiger partial charge in [0.1, 0.15) is 0 Å². The van der Waals surface area contributed by atoms with Crippen LogP contribution in [0.3, 0.4) is 0 Å². The van der Waals surface area contributed by atoms with E-state index in [1.807, 2.05) is 6.92 Å². The zero-order valence-corrected chi connectivity index (χ0v) is 12.2. The molecule has 0 aromatic heterocycles. The fourth-order valence-electron chi connectivity index (χ4n) is 2.48. The number of anilines is 1. The normalized spacial score (nSPS) is 18.6. The van der Waals surface area contributed by atoms with Crippen LogP contribution >= 0.6 is 0 Å². The van der Waals surface area contributed by atoms with E-state index in [-0.39, 0.29) is 0 Å². The van der Waals surface area contributed by atoms with Crippen molar-refractivity contribution in [2.45, 2.75) is 45.3 Å². The highest BCUT2D eigenvalue weighted by molar-refractivity contribution is 5.48. The van der Waals surface area contributed by atoms with Gasteiger partial charge in [-0.25, -0.2) is 0 Å². The lowest BCUT2D eigenvalue weighted by molar-refractivity contribution is 0.0351. The van der Waals surface area contributed by atoms with Crippen molar-refractivity contribution < 1.29 is 5.11 Å². The van der Waals surface area contributed by atoms with Crippen LogP contribution in [0.25, 0.3) is 0 Å². The van der Waals surface area contributed by atoms with Gasteiger partial charge < -0.3 is 15.3 Å². The molecule has 106 valence electrons. The summed E-state index contributed by atoms with van der Waals surface area (Å²) in [6.45, 7) is 8.03. The second-order valence-electron chi connectivity index (χ2n) is 5.83. The third-order valence-corrected chi connectivity index (χ3v) is 3.90. The van der Waals surface area contributed by atoms with Crippen molar-refractivity contribution in [3.8, 4) is 0 Å². The Kier molecular flexibility index (Phi) is 4.83. The van der Waals surface area contributed by atoms with Crippen molar-refractivity contribution in [1.29, 1.82) is 0 Å². The number of rotatable bonds is 5. The minimum atomic E-state index is -0.472. The van der Waals surface area contributed by atoms with Gasteiger partial charge in [0.05, 0.1) is 5.60 Å². The molecular formula is C16H26N2O. The van der Waals surface area contributed by atoms with Gasteiger partial charge in [0.2, 0.25) is 0 Å². The van der Waals surface area contributed by atoms with Crippen molar-refractivity contribution in [3.05, 3.63) is 29.8 Å². The Balaban J connectivity index is 1.88. The van der Waals surface area contributed by atoms with E-state index < -0.39 is 5.60 Å². The van der Waals surface area contributed by atoms with Gasteiger partial charge in [0.25, 0.3) is 0 Å². The second kappa shape index (κ2) is 6.40. The molecule has 1 aliphatic rings. The molecule has 0 unspecified atom stereocenters. The van der Waals surface area contributed by atoms with E-state index in [2.05, 4.69) is 41.4 Å². The first-order chi connectivity index (χ1) is 9.11. The molecule has 1 aliphatic heterocycles. The van der Waals surface area contributed by atoms with Gasteiger partial charge in [-0.1, -0.05) is 19.1 Å². The highest BCUT2D eigenvalue weighted by Crippen LogP contribution is 2.25. The number of hydrogen-bond donors (Lipinski definition) is 2. The van der Waals surface area contributed by atoms with Crippen molar-refractivity contribution in [2.75, 3.05) is 24.5 Å². The van der Waals surface area contributed by atoms with Crippen LogP contribution in [0.2, 0.25) is 0 Å². The van der Waals surface area contributed by atoms with Crippen molar-refractivity contribution in [3.63, 3.8) is 0 Å². The summed E-state index contributed by atoms with van der Waals surface area (Å²) in [5.74, 6) is 0. The summed E-state index contributed by atoms with van der Waals surface area (Å²) in [6, 6.07) is 8.79. The van der Waals surface area contributed by atoms with Crippen LogP contribution in [0.5, 0.6) is 0 Å². The molecule has 1 aromatic carbocycles. The molecule has 1 heterocycles. The van der Waals surface area contributed by atoms with Crippen LogP contribution in [0.4, 0.5) is 5.69 Å². The van der Waals surface area contributed by atoms with Crippen LogP contribution in [0.1, 0.15) is 38.7 Å². The Morgan fingerprint density at radius 2 is 1.84 bits per heavy atom. The number of nitrogens with zero attached hydrogens (tertiary/aromatic N) is 1. The average molecular weight is 262 g/mol. The predicted molar refractivity (Wildman–Crippen MR) is 80.5 cm³/mol. The maximum absolute atomic E-state index is 9.97. The van der Waals surface area contributed by atoms with E-state index in [1.165, 1.54) is 17.7 Å². The molecule has 2 N–H and O–H groups in total. The van der Waals surface area contributed by atoms with Crippen LogP contribution in [-0.4, -0.2) is 30.3 Å². The fourth-order valence-corrected chi connectivity index (χ4v) is 2.48. The average Bonchev–Trinajstić information content (AvgIpc) is 2.40. The van der Waals surface area contributed by atoms with Gasteiger partial charge in [-0.15, -0.1) is 0 Å². The third kappa shape index (κ3) is 4.22. The maximum atomic E-state index is 9.97. The summed E-state index contributed by atoms with van der Waals surface area (Å²) in [4.78, 5) is 2.36. The molecule has 19 heavy (non-hydrogen) atoms. The largest absolute Gasteiger partial charge is 0.390 e. The minimum absolute atomic E-state index is 0.472. The summed E-state index contributed by atoms with van der Waals surface area (Å²) < 4.78 is 0. The Bertz CT molecular complexity index is 376. The standard InChI is InChI=1S/C16H26N2O/c1-3-10-17-13-14-4-6-15(7-5-14)18-11-8-16(2,19)9-12-18/h4-7,17,19H,3,8-13H2,1-2H3. The number of aliphatic hydroxyl groups is 1. The Morgan fingerprint density at radius 1 is 1.21 bits per heavy atom. The lowest BCUT2D eigenvalue weighted by Crippen LogP contribution is -2.42. The van der Waals surface area contributed by atoms with E-state index >= 15 is 0 Å². The molecule has 3 nitrogen and oxygen atoms in total. The molecule has 1 aromatic rings. The van der Waals surface area contributed by atoms with Gasteiger partial charge >= 0.3 is 0 Å². The number of nitrogens with one attached hydrogen (secondary N) is 1. The first kappa shape index (κ1) is 14.4. The van der Waals surface area contributed by atoms with Gasteiger partial charge in [-0.3, -0.25) is 0 Å². The highest BCUT2D eigenvalue weighted by atomic mass is 16.3. The lowest BCUT2D eigenvalue weighted by Gasteiger charge is -2.37. The molecule has 1 fully saturated rings. The molecule has 0 radical (unpaired) electrons. The third-order valence-electron chi connectivity index (χ3n) is 3.90. The number of benzene rings is 1. The lowest BCUT2D eigenvalue weighted by atomic mass is 9.93. The Hall–Kier alpha value is -1.06. The first-order valence-corrected chi connectivity index (χ1v) is 7.38. The Morgan fingerprint density at radius 3 is 2.42 bits per heavy atom. The fraction of sp³-hybridized carbons (Fsp3) is 0.625. The molecule has 0 bridgehead atoms. The zero-order chi connectivity index (χ0) is 13.7. The van der Waals surface area contributed by atoms with Gasteiger partial charge in [-0.05, 0) is 50.4 Å². The Labute approximate surface area is 116 Å². The summed E-state index contributed by atoms with van der Waals surface area (Å²) in [7, 11) is 0. The van der Waals surface area contributed by atoms with E-state index in [9.17, 15) is 5.11 Å². The topological polar surface area (TPSA) is 35.5 Å². The number of hydrogen-bond acceptors (Lipinski definition) is 3. The van der Waals surface area contributed by atoms with E-state index in [4.69, 9.17) is 0 Å². The first-order valence-electron chi connectivity index (χ1n) is 7.38. The quantitative estimate of drug-likeness (QED) is 0.801. The van der Waals surface area contributed by atoms with E-state index in [0.717, 1.165) is 39.0 Å². The molecule has 0 amide bonds. The van der Waals surface area contributed by atoms with Crippen LogP contribution < -0.4 is 10.2 Å². The smallest absolute Gasteiger partial charge is 0.0653 e. The summed E-state index contributed by atoms with van der Waals surface area (Å²) in [5.41, 5.74) is 2.14. The molecule has 0 spiro atoms. The van der Waals surface area contributed by atoms with Crippen LogP contribution in [-0.2, 0) is 6.54 Å². The monoisotopic (exact) mass is 262 g/mol. The second-order valence-corrected chi connectivity index (χ2v) is 5.83. The van der Waals surface area contributed by atoms with Gasteiger partial charge in [0.15, 0.2) is 0 Å². The van der Waals surface area contributed by atoms with Gasteiger partial charge in [-0.2, -0.15) is 0 Å². The molecule has 0 saturated carbocycles.